The summed E-state index contributed by atoms with van der Waals surface area (Å²) in [5.41, 5.74) is 0.0891. The van der Waals surface area contributed by atoms with E-state index in [0.29, 0.717) is 24.5 Å². The van der Waals surface area contributed by atoms with Crippen LogP contribution in [0.5, 0.6) is 0 Å². The van der Waals surface area contributed by atoms with Crippen molar-refractivity contribution in [3.8, 4) is 11.5 Å². The lowest BCUT2D eigenvalue weighted by Crippen LogP contribution is -2.28. The number of nitrogens with zero attached hydrogens (tertiary/aromatic N) is 3. The molecule has 0 bridgehead atoms. The Balaban J connectivity index is 2.19. The molecule has 2 aromatic heterocycles. The molecule has 0 unspecified atom stereocenters. The fourth-order valence-electron chi connectivity index (χ4n) is 2.20. The first-order chi connectivity index (χ1) is 9.55. The van der Waals surface area contributed by atoms with E-state index in [-0.39, 0.29) is 17.8 Å². The molecule has 0 amide bonds. The van der Waals surface area contributed by atoms with Crippen molar-refractivity contribution in [2.24, 2.45) is 0 Å². The van der Waals surface area contributed by atoms with Crippen molar-refractivity contribution in [1.82, 2.24) is 20.3 Å². The molecule has 1 N–H and O–H groups in total. The number of rotatable bonds is 1. The number of hydrogen-bond acceptors (Lipinski definition) is 4. The summed E-state index contributed by atoms with van der Waals surface area (Å²) < 4.78 is 39.4. The molecule has 20 heavy (non-hydrogen) atoms. The van der Waals surface area contributed by atoms with Crippen LogP contribution < -0.4 is 5.32 Å². The third-order valence-electron chi connectivity index (χ3n) is 3.10. The molecule has 1 aliphatic heterocycles. The van der Waals surface area contributed by atoms with Gasteiger partial charge in [0.15, 0.2) is 11.5 Å². The van der Waals surface area contributed by atoms with Crippen molar-refractivity contribution >= 4 is 0 Å². The van der Waals surface area contributed by atoms with Gasteiger partial charge in [-0.3, -0.25) is 4.98 Å². The van der Waals surface area contributed by atoms with Gasteiger partial charge >= 0.3 is 6.18 Å². The van der Waals surface area contributed by atoms with Crippen LogP contribution in [-0.4, -0.2) is 21.5 Å². The van der Waals surface area contributed by atoms with Crippen LogP contribution in [0.3, 0.4) is 0 Å². The maximum Gasteiger partial charge on any atom is 0.433 e. The van der Waals surface area contributed by atoms with Gasteiger partial charge in [0.1, 0.15) is 5.69 Å². The number of hydrogen-bond donors (Lipinski definition) is 1. The summed E-state index contributed by atoms with van der Waals surface area (Å²) in [5, 5.41) is 3.02. The molecule has 4 nitrogen and oxygen atoms in total. The summed E-state index contributed by atoms with van der Waals surface area (Å²) in [4.78, 5) is 11.9. The normalized spacial score (nSPS) is 14.9. The summed E-state index contributed by atoms with van der Waals surface area (Å²) in [6, 6.07) is 4.98. The summed E-state index contributed by atoms with van der Waals surface area (Å²) >= 11 is 0. The summed E-state index contributed by atoms with van der Waals surface area (Å²) in [5.74, 6) is 0.0142. The first-order valence-electron chi connectivity index (χ1n) is 6.15. The lowest BCUT2D eigenvalue weighted by Gasteiger charge is -2.21. The van der Waals surface area contributed by atoms with Crippen LogP contribution >= 0.6 is 0 Å². The van der Waals surface area contributed by atoms with Gasteiger partial charge in [-0.2, -0.15) is 13.2 Å². The van der Waals surface area contributed by atoms with E-state index in [2.05, 4.69) is 20.3 Å². The van der Waals surface area contributed by atoms with Gasteiger partial charge in [-0.25, -0.2) is 9.97 Å². The first kappa shape index (κ1) is 13.0. The van der Waals surface area contributed by atoms with E-state index in [1.54, 1.807) is 18.2 Å². The molecule has 0 spiro atoms. The number of aromatic nitrogens is 3. The third-order valence-corrected chi connectivity index (χ3v) is 3.10. The van der Waals surface area contributed by atoms with E-state index in [1.165, 1.54) is 6.20 Å². The van der Waals surface area contributed by atoms with Crippen molar-refractivity contribution in [1.29, 1.82) is 0 Å². The zero-order valence-corrected chi connectivity index (χ0v) is 10.4. The standard InChI is InChI=1S/C13H11F3N4/c14-13(15,16)11-8-4-6-17-7-10(8)19-12(20-11)9-3-1-2-5-18-9/h1-3,5,17H,4,6-7H2. The van der Waals surface area contributed by atoms with Gasteiger partial charge in [0.2, 0.25) is 0 Å². The lowest BCUT2D eigenvalue weighted by atomic mass is 10.0. The molecule has 2 aromatic rings. The van der Waals surface area contributed by atoms with E-state index >= 15 is 0 Å². The average Bonchev–Trinajstić information content (AvgIpc) is 2.46. The fraction of sp³-hybridized carbons (Fsp3) is 0.308. The zero-order valence-electron chi connectivity index (χ0n) is 10.4. The first-order valence-corrected chi connectivity index (χ1v) is 6.15. The average molecular weight is 280 g/mol. The van der Waals surface area contributed by atoms with Crippen LogP contribution in [-0.2, 0) is 19.1 Å². The molecule has 0 atom stereocenters. The second-order valence-corrected chi connectivity index (χ2v) is 4.46. The van der Waals surface area contributed by atoms with Crippen molar-refractivity contribution < 1.29 is 13.2 Å². The molecule has 0 fully saturated rings. The maximum absolute atomic E-state index is 13.1. The number of fused-ring (bicyclic) bond motifs is 1. The second-order valence-electron chi connectivity index (χ2n) is 4.46. The number of nitrogens with one attached hydrogen (secondary N) is 1. The van der Waals surface area contributed by atoms with Gasteiger partial charge in [0, 0.05) is 18.3 Å². The molecular weight excluding hydrogens is 269 g/mol. The highest BCUT2D eigenvalue weighted by atomic mass is 19.4. The Morgan fingerprint density at radius 2 is 2.00 bits per heavy atom. The smallest absolute Gasteiger partial charge is 0.311 e. The third kappa shape index (κ3) is 2.36. The predicted molar refractivity (Wildman–Crippen MR) is 65.7 cm³/mol. The molecular formula is C13H11F3N4. The van der Waals surface area contributed by atoms with Crippen molar-refractivity contribution in [3.05, 3.63) is 41.3 Å². The molecule has 0 aromatic carbocycles. The van der Waals surface area contributed by atoms with Crippen LogP contribution in [0.4, 0.5) is 13.2 Å². The van der Waals surface area contributed by atoms with Crippen LogP contribution in [0.15, 0.2) is 24.4 Å². The van der Waals surface area contributed by atoms with Crippen LogP contribution in [0.25, 0.3) is 11.5 Å². The Hall–Kier alpha value is -2.02. The Morgan fingerprint density at radius 3 is 2.70 bits per heavy atom. The minimum Gasteiger partial charge on any atom is -0.311 e. The van der Waals surface area contributed by atoms with Crippen LogP contribution in [0.1, 0.15) is 17.0 Å². The van der Waals surface area contributed by atoms with E-state index in [4.69, 9.17) is 0 Å². The largest absolute Gasteiger partial charge is 0.433 e. The Bertz CT molecular complexity index is 626. The summed E-state index contributed by atoms with van der Waals surface area (Å²) in [7, 11) is 0. The molecule has 1 aliphatic rings. The molecule has 3 heterocycles. The van der Waals surface area contributed by atoms with Gasteiger partial charge in [-0.15, -0.1) is 0 Å². The van der Waals surface area contributed by atoms with Gasteiger partial charge < -0.3 is 5.32 Å². The van der Waals surface area contributed by atoms with Crippen LogP contribution in [0.2, 0.25) is 0 Å². The highest BCUT2D eigenvalue weighted by Crippen LogP contribution is 2.33. The summed E-state index contributed by atoms with van der Waals surface area (Å²) in [6.07, 6.45) is -2.69. The fourth-order valence-corrected chi connectivity index (χ4v) is 2.20. The molecule has 0 saturated carbocycles. The Labute approximate surface area is 113 Å². The van der Waals surface area contributed by atoms with E-state index in [0.717, 1.165) is 0 Å². The SMILES string of the molecule is FC(F)(F)c1nc(-c2ccccn2)nc2c1CCNC2. The topological polar surface area (TPSA) is 50.7 Å². The van der Waals surface area contributed by atoms with Crippen molar-refractivity contribution in [2.45, 2.75) is 19.1 Å². The van der Waals surface area contributed by atoms with Crippen LogP contribution in [0, 0.1) is 0 Å². The second kappa shape index (κ2) is 4.82. The number of halogens is 3. The molecule has 0 saturated heterocycles. The minimum atomic E-state index is -4.48. The van der Waals surface area contributed by atoms with E-state index < -0.39 is 11.9 Å². The lowest BCUT2D eigenvalue weighted by molar-refractivity contribution is -0.142. The molecule has 3 rings (SSSR count). The molecule has 104 valence electrons. The molecule has 0 aliphatic carbocycles. The van der Waals surface area contributed by atoms with Gasteiger partial charge in [0.25, 0.3) is 0 Å². The van der Waals surface area contributed by atoms with Gasteiger partial charge in [-0.1, -0.05) is 6.07 Å². The number of alkyl halides is 3. The van der Waals surface area contributed by atoms with Crippen molar-refractivity contribution in [2.75, 3.05) is 6.54 Å². The highest BCUT2D eigenvalue weighted by molar-refractivity contribution is 5.50. The van der Waals surface area contributed by atoms with Crippen molar-refractivity contribution in [3.63, 3.8) is 0 Å². The molecule has 0 radical (unpaired) electrons. The zero-order chi connectivity index (χ0) is 14.2. The van der Waals surface area contributed by atoms with E-state index in [9.17, 15) is 13.2 Å². The Kier molecular flexibility index (Phi) is 3.13. The monoisotopic (exact) mass is 280 g/mol. The highest BCUT2D eigenvalue weighted by Gasteiger charge is 2.38. The summed E-state index contributed by atoms with van der Waals surface area (Å²) in [6.45, 7) is 0.823. The minimum absolute atomic E-state index is 0.0142. The Morgan fingerprint density at radius 1 is 1.15 bits per heavy atom. The van der Waals surface area contributed by atoms with E-state index in [1.807, 2.05) is 0 Å². The maximum atomic E-state index is 13.1. The van der Waals surface area contributed by atoms with Gasteiger partial charge in [-0.05, 0) is 25.1 Å². The van der Waals surface area contributed by atoms with Gasteiger partial charge in [0.05, 0.1) is 5.69 Å². The number of pyridine rings is 1. The molecule has 7 heteroatoms. The quantitative estimate of drug-likeness (QED) is 0.870. The predicted octanol–water partition coefficient (Wildman–Crippen LogP) is 2.20.